The lowest BCUT2D eigenvalue weighted by Gasteiger charge is -2.29. The number of nitriles is 3. The fraction of sp³-hybridized carbons (Fsp3) is 0.769. The van der Waals surface area contributed by atoms with Crippen LogP contribution in [0.3, 0.4) is 0 Å². The van der Waals surface area contributed by atoms with Crippen molar-refractivity contribution in [2.75, 3.05) is 19.0 Å². The summed E-state index contributed by atoms with van der Waals surface area (Å²) < 4.78 is 58.3. The highest BCUT2D eigenvalue weighted by Crippen LogP contribution is 2.57. The number of terminal acetylenes is 3. The lowest BCUT2D eigenvalue weighted by molar-refractivity contribution is -0.132. The molecular weight excluding hydrogens is 1500 g/mol. The van der Waals surface area contributed by atoms with E-state index in [1.807, 2.05) is 80.2 Å². The predicted molar refractivity (Wildman–Crippen MR) is 443 cm³/mol. The Bertz CT molecular complexity index is 3770. The number of likely N-dealkylation sites (tertiary alicyclic amines) is 2. The van der Waals surface area contributed by atoms with E-state index in [-0.39, 0.29) is 99.3 Å². The van der Waals surface area contributed by atoms with Crippen LogP contribution in [0.15, 0.2) is 29.2 Å². The molecule has 0 aromatic heterocycles. The molecule has 2 heterocycles. The average Bonchev–Trinajstić information content (AvgIpc) is 1.66. The number of hydrogen-bond acceptors (Lipinski definition) is 15. The van der Waals surface area contributed by atoms with Crippen molar-refractivity contribution < 1.29 is 60.3 Å². The molecule has 1 aromatic rings. The first-order valence-electron chi connectivity index (χ1n) is 42.0. The molecule has 0 bridgehead atoms. The van der Waals surface area contributed by atoms with E-state index in [9.17, 15) is 46.8 Å². The largest absolute Gasteiger partial charge is 0.444 e. The number of nitrogens with zero attached hydrogens (tertiary/aromatic N) is 5. The number of benzene rings is 1. The van der Waals surface area contributed by atoms with E-state index >= 15 is 0 Å². The Hall–Kier alpha value is -7.12. The van der Waals surface area contributed by atoms with Gasteiger partial charge in [-0.3, -0.25) is 14.1 Å². The van der Waals surface area contributed by atoms with Crippen LogP contribution in [0.1, 0.15) is 264 Å². The molecule has 0 radical (unpaired) electrons. The van der Waals surface area contributed by atoms with E-state index in [4.69, 9.17) is 65.9 Å². The molecule has 2 aliphatic heterocycles. The van der Waals surface area contributed by atoms with Crippen LogP contribution in [-0.2, 0) is 38.7 Å². The number of alkyl halides is 2. The molecule has 2 saturated heterocycles. The molecule has 12 fully saturated rings. The quantitative estimate of drug-likeness (QED) is 0.0504. The van der Waals surface area contributed by atoms with Crippen molar-refractivity contribution in [3.63, 3.8) is 0 Å². The molecule has 10 saturated carbocycles. The van der Waals surface area contributed by atoms with E-state index in [1.165, 1.54) is 68.4 Å². The first-order valence-corrected chi connectivity index (χ1v) is 44.0. The molecular formula is C91H135ClFN9O12S. The van der Waals surface area contributed by atoms with Crippen LogP contribution in [0.5, 0.6) is 0 Å². The topological polar surface area (TPSA) is 324 Å². The maximum absolute atomic E-state index is 12.7. The fourth-order valence-corrected chi connectivity index (χ4v) is 22.3. The molecule has 10 aliphatic carbocycles. The maximum Gasteiger partial charge on any atom is 0.408 e. The molecule has 5 amide bonds. The second-order valence-corrected chi connectivity index (χ2v) is 42.5. The number of alkyl carbamates (subject to hydrolysis) is 3. The number of hydrogen-bond donors (Lipinski definition) is 5. The SMILES string of the molecule is C#CC1C[C@@H]2CC(C)(CCC(=O)N3C[C@@H](C)C[C@H]3C#N)C[C@@H]2C1.C#CC1C[C@@H]2CC(C)(N)C[C@@H]2C1.C#CC1C[C@@H]2CC(C)(NC(=O)OC(C)(C)C)C[C@@H]2C1.CC1(NC(=O)OC(C)(C)C)C[C@H]2CC(C#N)C[C@H]2C1.CC1(NC(=O)OC(C)(C)C)C[C@H]2CC(C=O)C[C@H]2C1.Cc1ccc(S(=O)(=O)O)cc1.N#C[C@@H]1C[C@H](F)CN1C(=O)CCl. The van der Waals surface area contributed by atoms with Gasteiger partial charge in [-0.05, 0) is 321 Å². The highest BCUT2D eigenvalue weighted by Gasteiger charge is 2.53. The van der Waals surface area contributed by atoms with Crippen molar-refractivity contribution in [3.05, 3.63) is 29.8 Å². The first-order chi connectivity index (χ1) is 53.3. The van der Waals surface area contributed by atoms with Crippen molar-refractivity contribution in [1.82, 2.24) is 25.8 Å². The predicted octanol–water partition coefficient (Wildman–Crippen LogP) is 16.8. The van der Waals surface area contributed by atoms with Crippen molar-refractivity contribution in [2.45, 2.75) is 327 Å². The number of carbonyl (C=O) groups excluding carboxylic acids is 6. The molecule has 6 N–H and O–H groups in total. The van der Waals surface area contributed by atoms with Crippen LogP contribution in [0.25, 0.3) is 0 Å². The minimum Gasteiger partial charge on any atom is -0.444 e. The van der Waals surface area contributed by atoms with Crippen molar-refractivity contribution in [3.8, 4) is 55.2 Å². The maximum atomic E-state index is 12.7. The van der Waals surface area contributed by atoms with Gasteiger partial charge in [0.15, 0.2) is 0 Å². The van der Waals surface area contributed by atoms with Gasteiger partial charge in [0, 0.05) is 71.1 Å². The molecule has 24 heteroatoms. The fourth-order valence-electron chi connectivity index (χ4n) is 21.7. The van der Waals surface area contributed by atoms with Crippen molar-refractivity contribution in [1.29, 1.82) is 15.8 Å². The van der Waals surface area contributed by atoms with E-state index in [1.54, 1.807) is 12.1 Å². The number of amides is 5. The molecule has 0 spiro atoms. The second kappa shape index (κ2) is 39.2. The Labute approximate surface area is 693 Å². The zero-order valence-electron chi connectivity index (χ0n) is 71.6. The monoisotopic (exact) mass is 1630 g/mol. The summed E-state index contributed by atoms with van der Waals surface area (Å²) in [6.45, 7) is 32.4. The number of fused-ring (bicyclic) bond motifs is 5. The average molecular weight is 1630 g/mol. The van der Waals surface area contributed by atoms with Gasteiger partial charge in [-0.25, -0.2) is 18.8 Å². The van der Waals surface area contributed by atoms with Gasteiger partial charge in [-0.2, -0.15) is 24.2 Å². The highest BCUT2D eigenvalue weighted by molar-refractivity contribution is 7.85. The number of aryl methyl sites for hydroxylation is 1. The Kier molecular flexibility index (Phi) is 32.4. The normalized spacial score (nSPS) is 36.6. The summed E-state index contributed by atoms with van der Waals surface area (Å²) in [6.07, 6.45) is 39.8. The number of ether oxygens (including phenoxy) is 3. The summed E-state index contributed by atoms with van der Waals surface area (Å²) in [5, 5.41) is 35.9. The highest BCUT2D eigenvalue weighted by atomic mass is 35.5. The smallest absolute Gasteiger partial charge is 0.408 e. The minimum absolute atomic E-state index is 0.00375. The Morgan fingerprint density at radius 2 is 0.878 bits per heavy atom. The third kappa shape index (κ3) is 28.6. The van der Waals surface area contributed by atoms with Crippen LogP contribution >= 0.6 is 11.6 Å². The Morgan fingerprint density at radius 3 is 1.20 bits per heavy atom. The van der Waals surface area contributed by atoms with Gasteiger partial charge in [0.25, 0.3) is 10.1 Å². The lowest BCUT2D eigenvalue weighted by Crippen LogP contribution is -2.46. The van der Waals surface area contributed by atoms with Crippen LogP contribution in [-0.4, -0.2) is 135 Å². The summed E-state index contributed by atoms with van der Waals surface area (Å²) in [5.41, 5.74) is 5.62. The van der Waals surface area contributed by atoms with Gasteiger partial charge in [-0.1, -0.05) is 31.5 Å². The molecule has 24 atom stereocenters. The molecule has 636 valence electrons. The van der Waals surface area contributed by atoms with Crippen molar-refractivity contribution in [2.24, 2.45) is 106 Å². The van der Waals surface area contributed by atoms with Crippen LogP contribution in [0, 0.1) is 178 Å². The number of nitrogens with two attached hydrogens (primary N) is 1. The number of aldehydes is 1. The molecule has 10 unspecified atom stereocenters. The summed E-state index contributed by atoms with van der Waals surface area (Å²) in [4.78, 5) is 73.0. The first kappa shape index (κ1) is 95.0. The summed E-state index contributed by atoms with van der Waals surface area (Å²) in [7, 11) is -4.02. The van der Waals surface area contributed by atoms with Gasteiger partial charge in [0.2, 0.25) is 11.8 Å². The summed E-state index contributed by atoms with van der Waals surface area (Å²) >= 11 is 5.28. The van der Waals surface area contributed by atoms with Crippen LogP contribution < -0.4 is 21.7 Å². The Morgan fingerprint density at radius 1 is 0.548 bits per heavy atom. The van der Waals surface area contributed by atoms with E-state index in [2.05, 4.69) is 87.4 Å². The van der Waals surface area contributed by atoms with Gasteiger partial charge in [0.1, 0.15) is 47.2 Å². The van der Waals surface area contributed by atoms with E-state index in [0.29, 0.717) is 65.6 Å². The molecule has 13 rings (SSSR count). The van der Waals surface area contributed by atoms with Gasteiger partial charge >= 0.3 is 18.3 Å². The standard InChI is InChI=1S/C20H28N2O.C16H25NO2.C15H24N2O2.C15H25NO3.C11H17N.C7H8ClFN2O.C7H8O3S/c1-4-15-8-16-10-20(3,11-17(16)9-15)6-5-19(23)22-13-14(2)7-18(22)12-21;1-6-11-7-12-9-16(5,10-13(12)8-11)17-14(18)19-15(2,3)4;1-14(2,3)19-13(18)17-15(4)7-11-5-10(9-16)6-12(11)8-15;1-14(2,3)19-13(18)16-15(4)7-11-5-10(9-17)6-12(11)8-15;1-3-8-4-9-6-11(2,12)7-10(9)5-8;8-2-7(12)11-4-5(9)1-6(11)3-10;1-6-2-4-7(5-3-6)11(8,9)10/h1,14-18H,5-11,13H2,2-3H3;1,11-13H,7-10H2,2-5H3,(H,17,18);10-12H,5-8H2,1-4H3,(H,17,18);9-12H,5-8H2,1-4H3,(H,16,18);1,8-10H,4-7,12H2,2H3;5-6H,1-2,4H2;2-5H,1H3,(H,8,9,10)/t14-,15?,16-,17+,18-,20?;11?,12-,13+,16?;2*10?,11-,12+,15?;8?,9-,10+,11?;5-,6-;/m0....0./s1. The number of rotatable bonds is 9. The number of carbonyl (C=O) groups is 6. The molecule has 12 aliphatic rings. The second-order valence-electron chi connectivity index (χ2n) is 40.8. The van der Waals surface area contributed by atoms with Gasteiger partial charge in [-0.15, -0.1) is 48.6 Å². The third-order valence-corrected chi connectivity index (χ3v) is 27.1. The number of nitrogens with one attached hydrogen (secondary N) is 3. The zero-order valence-corrected chi connectivity index (χ0v) is 73.2. The van der Waals surface area contributed by atoms with Crippen LogP contribution in [0.2, 0.25) is 0 Å². The van der Waals surface area contributed by atoms with Gasteiger partial charge in [0.05, 0.1) is 29.6 Å². The summed E-state index contributed by atoms with van der Waals surface area (Å²) in [5.74, 6) is 17.6. The molecule has 1 aromatic carbocycles. The summed E-state index contributed by atoms with van der Waals surface area (Å²) in [6, 6.07) is 11.7. The van der Waals surface area contributed by atoms with E-state index < -0.39 is 39.1 Å². The van der Waals surface area contributed by atoms with Crippen LogP contribution in [0.4, 0.5) is 18.8 Å². The van der Waals surface area contributed by atoms with E-state index in [0.717, 1.165) is 132 Å². The molecule has 115 heavy (non-hydrogen) atoms. The Balaban J connectivity index is 0.000000188. The van der Waals surface area contributed by atoms with Crippen molar-refractivity contribution >= 4 is 58.1 Å². The number of halogens is 2. The minimum atomic E-state index is -4.02. The lowest BCUT2D eigenvalue weighted by atomic mass is 9.80. The molecule has 21 nitrogen and oxygen atoms in total. The van der Waals surface area contributed by atoms with Gasteiger partial charge < -0.3 is 50.5 Å². The zero-order chi connectivity index (χ0) is 85.8. The third-order valence-electron chi connectivity index (χ3n) is 26.1.